The standard InChI is InChI=1S/C22H23NSi/c1-17-14-21(23-16-22(17)24(2)12-7-13-24)20-11-6-10-19(15-20)18-8-4-3-5-9-18/h3-6,8-11,14-16H,7,12-13H2,1-2H3. The molecule has 1 aliphatic rings. The SMILES string of the molecule is Cc1cc(-c2cccc(-c3ccccc3)c2)ncc1[Si]1(C)CCC1. The number of rotatable bonds is 3. The van der Waals surface area contributed by atoms with E-state index in [0.717, 1.165) is 5.69 Å². The van der Waals surface area contributed by atoms with Crippen molar-refractivity contribution in [2.45, 2.75) is 32.0 Å². The molecule has 0 aliphatic carbocycles. The number of nitrogens with zero attached hydrogens (tertiary/aromatic N) is 1. The third-order valence-corrected chi connectivity index (χ3v) is 10.2. The number of hydrogen-bond donors (Lipinski definition) is 0. The van der Waals surface area contributed by atoms with Crippen LogP contribution in [0.3, 0.4) is 0 Å². The van der Waals surface area contributed by atoms with Gasteiger partial charge < -0.3 is 0 Å². The molecule has 1 aliphatic heterocycles. The quantitative estimate of drug-likeness (QED) is 0.585. The molecule has 120 valence electrons. The molecular formula is C22H23NSi. The van der Waals surface area contributed by atoms with Crippen molar-refractivity contribution in [1.82, 2.24) is 4.98 Å². The number of pyridine rings is 1. The summed E-state index contributed by atoms with van der Waals surface area (Å²) in [5.74, 6) is 0. The van der Waals surface area contributed by atoms with Crippen molar-refractivity contribution >= 4 is 13.3 Å². The summed E-state index contributed by atoms with van der Waals surface area (Å²) in [5, 5.41) is 1.57. The first kappa shape index (κ1) is 15.3. The zero-order chi connectivity index (χ0) is 16.6. The average Bonchev–Trinajstić information content (AvgIpc) is 2.60. The number of benzene rings is 2. The highest BCUT2D eigenvalue weighted by Gasteiger charge is 2.37. The van der Waals surface area contributed by atoms with E-state index in [0.29, 0.717) is 0 Å². The van der Waals surface area contributed by atoms with Crippen molar-refractivity contribution < 1.29 is 0 Å². The zero-order valence-electron chi connectivity index (χ0n) is 14.4. The van der Waals surface area contributed by atoms with Crippen LogP contribution in [-0.4, -0.2) is 13.1 Å². The molecule has 0 atom stereocenters. The Labute approximate surface area is 145 Å². The van der Waals surface area contributed by atoms with E-state index in [1.165, 1.54) is 40.8 Å². The molecule has 1 saturated heterocycles. The monoisotopic (exact) mass is 329 g/mol. The molecule has 0 spiro atoms. The first-order chi connectivity index (χ1) is 11.7. The van der Waals surface area contributed by atoms with Gasteiger partial charge in [-0.1, -0.05) is 73.6 Å². The highest BCUT2D eigenvalue weighted by Crippen LogP contribution is 2.33. The van der Waals surface area contributed by atoms with Gasteiger partial charge in [0, 0.05) is 11.8 Å². The summed E-state index contributed by atoms with van der Waals surface area (Å²) in [6.07, 6.45) is 3.58. The number of aryl methyl sites for hydroxylation is 1. The molecule has 1 nitrogen and oxygen atoms in total. The van der Waals surface area contributed by atoms with E-state index in [-0.39, 0.29) is 0 Å². The lowest BCUT2D eigenvalue weighted by Gasteiger charge is -2.37. The summed E-state index contributed by atoms with van der Waals surface area (Å²) in [4.78, 5) is 4.83. The first-order valence-electron chi connectivity index (χ1n) is 8.79. The fraction of sp³-hybridized carbons (Fsp3) is 0.227. The molecule has 3 aromatic rings. The summed E-state index contributed by atoms with van der Waals surface area (Å²) in [7, 11) is -1.17. The van der Waals surface area contributed by atoms with E-state index in [2.05, 4.69) is 80.3 Å². The predicted molar refractivity (Wildman–Crippen MR) is 105 cm³/mol. The lowest BCUT2D eigenvalue weighted by molar-refractivity contribution is 0.915. The van der Waals surface area contributed by atoms with Crippen LogP contribution < -0.4 is 5.19 Å². The van der Waals surface area contributed by atoms with E-state index >= 15 is 0 Å². The third kappa shape index (κ3) is 2.71. The van der Waals surface area contributed by atoms with Gasteiger partial charge in [0.15, 0.2) is 0 Å². The van der Waals surface area contributed by atoms with Crippen LogP contribution in [-0.2, 0) is 0 Å². The maximum atomic E-state index is 4.83. The van der Waals surface area contributed by atoms with Gasteiger partial charge in [-0.05, 0) is 40.9 Å². The Morgan fingerprint density at radius 1 is 0.833 bits per heavy atom. The second-order valence-corrected chi connectivity index (χ2v) is 11.9. The fourth-order valence-electron chi connectivity index (χ4n) is 3.81. The van der Waals surface area contributed by atoms with E-state index < -0.39 is 8.07 Å². The van der Waals surface area contributed by atoms with E-state index in [1.807, 2.05) is 0 Å². The van der Waals surface area contributed by atoms with Crippen LogP contribution in [0, 0.1) is 6.92 Å². The van der Waals surface area contributed by atoms with Gasteiger partial charge in [-0.25, -0.2) is 0 Å². The largest absolute Gasteiger partial charge is 0.256 e. The van der Waals surface area contributed by atoms with Crippen LogP contribution in [0.5, 0.6) is 0 Å². The maximum absolute atomic E-state index is 4.83. The Morgan fingerprint density at radius 3 is 2.21 bits per heavy atom. The zero-order valence-corrected chi connectivity index (χ0v) is 15.4. The minimum Gasteiger partial charge on any atom is -0.256 e. The van der Waals surface area contributed by atoms with Crippen LogP contribution >= 0.6 is 0 Å². The molecule has 4 rings (SSSR count). The molecule has 24 heavy (non-hydrogen) atoms. The molecule has 2 heterocycles. The molecule has 2 heteroatoms. The predicted octanol–water partition coefficient (Wildman–Crippen LogP) is 5.41. The van der Waals surface area contributed by atoms with Gasteiger partial charge in [0.2, 0.25) is 0 Å². The maximum Gasteiger partial charge on any atom is 0.0860 e. The Kier molecular flexibility index (Phi) is 3.85. The van der Waals surface area contributed by atoms with Crippen LogP contribution in [0.2, 0.25) is 18.6 Å². The smallest absolute Gasteiger partial charge is 0.0860 e. The Morgan fingerprint density at radius 2 is 1.54 bits per heavy atom. The Bertz CT molecular complexity index is 866. The van der Waals surface area contributed by atoms with Gasteiger partial charge in [0.1, 0.15) is 0 Å². The minimum absolute atomic E-state index is 1.09. The molecular weight excluding hydrogens is 306 g/mol. The van der Waals surface area contributed by atoms with Crippen molar-refractivity contribution in [2.75, 3.05) is 0 Å². The summed E-state index contributed by atoms with van der Waals surface area (Å²) in [6, 6.07) is 24.4. The normalized spacial score (nSPS) is 15.8. The molecule has 0 saturated carbocycles. The lowest BCUT2D eigenvalue weighted by atomic mass is 10.0. The lowest BCUT2D eigenvalue weighted by Crippen LogP contribution is -2.51. The van der Waals surface area contributed by atoms with Gasteiger partial charge in [0.05, 0.1) is 13.8 Å². The molecule has 0 amide bonds. The molecule has 2 aromatic carbocycles. The number of aromatic nitrogens is 1. The van der Waals surface area contributed by atoms with Crippen molar-refractivity contribution in [3.8, 4) is 22.4 Å². The second-order valence-electron chi connectivity index (χ2n) is 7.25. The molecule has 1 fully saturated rings. The first-order valence-corrected chi connectivity index (χ1v) is 11.7. The average molecular weight is 330 g/mol. The Balaban J connectivity index is 1.71. The van der Waals surface area contributed by atoms with Crippen LogP contribution in [0.25, 0.3) is 22.4 Å². The van der Waals surface area contributed by atoms with Crippen molar-refractivity contribution in [1.29, 1.82) is 0 Å². The summed E-state index contributed by atoms with van der Waals surface area (Å²) >= 11 is 0. The van der Waals surface area contributed by atoms with Crippen LogP contribution in [0.15, 0.2) is 66.9 Å². The highest BCUT2D eigenvalue weighted by molar-refractivity contribution is 6.93. The molecule has 0 N–H and O–H groups in total. The second kappa shape index (κ2) is 6.03. The van der Waals surface area contributed by atoms with Crippen molar-refractivity contribution in [2.24, 2.45) is 0 Å². The summed E-state index contributed by atoms with van der Waals surface area (Å²) in [6.45, 7) is 4.77. The van der Waals surface area contributed by atoms with E-state index in [1.54, 1.807) is 5.19 Å². The minimum atomic E-state index is -1.17. The summed E-state index contributed by atoms with van der Waals surface area (Å²) in [5.41, 5.74) is 6.22. The third-order valence-electron chi connectivity index (χ3n) is 5.48. The molecule has 1 aromatic heterocycles. The van der Waals surface area contributed by atoms with Gasteiger partial charge >= 0.3 is 0 Å². The van der Waals surface area contributed by atoms with E-state index in [4.69, 9.17) is 4.98 Å². The van der Waals surface area contributed by atoms with Gasteiger partial charge in [-0.2, -0.15) is 0 Å². The topological polar surface area (TPSA) is 12.9 Å². The fourth-order valence-corrected chi connectivity index (χ4v) is 7.16. The highest BCUT2D eigenvalue weighted by atomic mass is 28.3. The van der Waals surface area contributed by atoms with Gasteiger partial charge in [-0.15, -0.1) is 0 Å². The Hall–Kier alpha value is -2.19. The van der Waals surface area contributed by atoms with Crippen molar-refractivity contribution in [3.63, 3.8) is 0 Å². The van der Waals surface area contributed by atoms with Gasteiger partial charge in [0.25, 0.3) is 0 Å². The van der Waals surface area contributed by atoms with Gasteiger partial charge in [-0.3, -0.25) is 4.98 Å². The van der Waals surface area contributed by atoms with Crippen LogP contribution in [0.1, 0.15) is 12.0 Å². The van der Waals surface area contributed by atoms with Crippen LogP contribution in [0.4, 0.5) is 0 Å². The number of hydrogen-bond acceptors (Lipinski definition) is 1. The van der Waals surface area contributed by atoms with E-state index in [9.17, 15) is 0 Å². The molecule has 0 unspecified atom stereocenters. The molecule has 0 bridgehead atoms. The van der Waals surface area contributed by atoms with Crippen molar-refractivity contribution in [3.05, 3.63) is 72.4 Å². The molecule has 0 radical (unpaired) electrons. The summed E-state index contributed by atoms with van der Waals surface area (Å²) < 4.78 is 0.